The van der Waals surface area contributed by atoms with Gasteiger partial charge in [0, 0.05) is 17.8 Å². The summed E-state index contributed by atoms with van der Waals surface area (Å²) in [7, 11) is 3.04. The van der Waals surface area contributed by atoms with Crippen LogP contribution in [0, 0.1) is 5.82 Å². The number of benzene rings is 2. The summed E-state index contributed by atoms with van der Waals surface area (Å²) < 4.78 is 25.3. The molecule has 6 nitrogen and oxygen atoms in total. The van der Waals surface area contributed by atoms with Gasteiger partial charge in [0.1, 0.15) is 23.0 Å². The SMILES string of the molecule is CCCc1[nH]n(-c2ccc(F)cc2)c(=O)c1C(C)=Nc1cc(OC)c(Cl)cc1OC. The van der Waals surface area contributed by atoms with Crippen LogP contribution in [0.4, 0.5) is 10.1 Å². The molecule has 158 valence electrons. The van der Waals surface area contributed by atoms with E-state index in [-0.39, 0.29) is 11.4 Å². The van der Waals surface area contributed by atoms with Crippen LogP contribution < -0.4 is 15.0 Å². The number of ether oxygens (including phenoxy) is 2. The van der Waals surface area contributed by atoms with E-state index in [1.165, 1.54) is 31.0 Å². The van der Waals surface area contributed by atoms with Gasteiger partial charge in [-0.1, -0.05) is 24.9 Å². The fourth-order valence-electron chi connectivity index (χ4n) is 3.23. The number of nitrogens with one attached hydrogen (secondary N) is 1. The Balaban J connectivity index is 2.15. The number of aromatic amines is 1. The smallest absolute Gasteiger partial charge is 0.280 e. The normalized spacial score (nSPS) is 11.6. The monoisotopic (exact) mass is 431 g/mol. The predicted octanol–water partition coefficient (Wildman–Crippen LogP) is 5.07. The lowest BCUT2D eigenvalue weighted by Gasteiger charge is -2.10. The van der Waals surface area contributed by atoms with E-state index in [1.807, 2.05) is 6.92 Å². The largest absolute Gasteiger partial charge is 0.495 e. The summed E-state index contributed by atoms with van der Waals surface area (Å²) in [6, 6.07) is 9.00. The zero-order valence-corrected chi connectivity index (χ0v) is 18.0. The van der Waals surface area contributed by atoms with E-state index in [0.29, 0.717) is 45.6 Å². The molecule has 3 aromatic rings. The molecule has 0 bridgehead atoms. The first-order chi connectivity index (χ1) is 14.4. The third-order valence-corrected chi connectivity index (χ3v) is 4.95. The summed E-state index contributed by atoms with van der Waals surface area (Å²) in [5.74, 6) is 0.552. The Morgan fingerprint density at radius 3 is 2.43 bits per heavy atom. The van der Waals surface area contributed by atoms with E-state index in [0.717, 1.165) is 12.1 Å². The molecule has 30 heavy (non-hydrogen) atoms. The van der Waals surface area contributed by atoms with Crippen molar-refractivity contribution in [2.75, 3.05) is 14.2 Å². The average Bonchev–Trinajstić information content (AvgIpc) is 3.05. The number of nitrogens with zero attached hydrogens (tertiary/aromatic N) is 2. The number of aliphatic imine (C=N–C) groups is 1. The minimum Gasteiger partial charge on any atom is -0.495 e. The van der Waals surface area contributed by atoms with Crippen LogP contribution in [0.3, 0.4) is 0 Å². The molecule has 0 unspecified atom stereocenters. The van der Waals surface area contributed by atoms with Crippen LogP contribution in [0.2, 0.25) is 5.02 Å². The first-order valence-electron chi connectivity index (χ1n) is 9.46. The molecule has 1 heterocycles. The standard InChI is InChI=1S/C22H23ClFN3O3/c1-5-6-17-21(22(28)27(26-17)15-9-7-14(24)8-10-15)13(2)25-18-12-19(29-3)16(23)11-20(18)30-4/h7-12,26H,5-6H2,1-4H3. The number of methoxy groups -OCH3 is 2. The Bertz CT molecular complexity index is 1130. The zero-order chi connectivity index (χ0) is 21.8. The zero-order valence-electron chi connectivity index (χ0n) is 17.3. The van der Waals surface area contributed by atoms with Crippen molar-refractivity contribution in [1.29, 1.82) is 0 Å². The van der Waals surface area contributed by atoms with Gasteiger partial charge in [-0.05, 0) is 37.6 Å². The Morgan fingerprint density at radius 1 is 1.17 bits per heavy atom. The highest BCUT2D eigenvalue weighted by Crippen LogP contribution is 2.38. The molecule has 0 atom stereocenters. The number of rotatable bonds is 7. The molecule has 2 aromatic carbocycles. The van der Waals surface area contributed by atoms with Crippen molar-refractivity contribution in [2.24, 2.45) is 4.99 Å². The van der Waals surface area contributed by atoms with Crippen LogP contribution in [0.15, 0.2) is 46.2 Å². The quantitative estimate of drug-likeness (QED) is 0.531. The van der Waals surface area contributed by atoms with Crippen LogP contribution in [-0.2, 0) is 6.42 Å². The molecule has 1 N–H and O–H groups in total. The molecule has 0 amide bonds. The van der Waals surface area contributed by atoms with E-state index < -0.39 is 0 Å². The van der Waals surface area contributed by atoms with Gasteiger partial charge < -0.3 is 9.47 Å². The maximum Gasteiger partial charge on any atom is 0.280 e. The van der Waals surface area contributed by atoms with Gasteiger partial charge in [0.25, 0.3) is 5.56 Å². The minimum absolute atomic E-state index is 0.258. The highest BCUT2D eigenvalue weighted by Gasteiger charge is 2.18. The van der Waals surface area contributed by atoms with E-state index in [2.05, 4.69) is 10.1 Å². The second-order valence-electron chi connectivity index (χ2n) is 6.69. The maximum absolute atomic E-state index is 13.3. The van der Waals surface area contributed by atoms with Gasteiger partial charge in [-0.2, -0.15) is 0 Å². The lowest BCUT2D eigenvalue weighted by atomic mass is 10.1. The molecular weight excluding hydrogens is 409 g/mol. The molecular formula is C22H23ClFN3O3. The lowest BCUT2D eigenvalue weighted by molar-refractivity contribution is 0.404. The summed E-state index contributed by atoms with van der Waals surface area (Å²) in [6.45, 7) is 3.79. The highest BCUT2D eigenvalue weighted by atomic mass is 35.5. The first kappa shape index (κ1) is 21.6. The Labute approximate surface area is 178 Å². The fraction of sp³-hybridized carbons (Fsp3) is 0.273. The van der Waals surface area contributed by atoms with Crippen molar-refractivity contribution in [3.8, 4) is 17.2 Å². The van der Waals surface area contributed by atoms with Gasteiger partial charge in [0.15, 0.2) is 0 Å². The van der Waals surface area contributed by atoms with Gasteiger partial charge in [-0.3, -0.25) is 9.89 Å². The van der Waals surface area contributed by atoms with Crippen LogP contribution in [0.25, 0.3) is 5.69 Å². The molecule has 0 aliphatic heterocycles. The number of aromatic nitrogens is 2. The number of hydrogen-bond acceptors (Lipinski definition) is 4. The predicted molar refractivity (Wildman–Crippen MR) is 117 cm³/mol. The molecule has 0 radical (unpaired) electrons. The maximum atomic E-state index is 13.3. The third-order valence-electron chi connectivity index (χ3n) is 4.65. The van der Waals surface area contributed by atoms with Crippen molar-refractivity contribution >= 4 is 23.0 Å². The molecule has 0 fully saturated rings. The first-order valence-corrected chi connectivity index (χ1v) is 9.84. The molecule has 0 saturated carbocycles. The molecule has 3 rings (SSSR count). The van der Waals surface area contributed by atoms with Gasteiger partial charge in [-0.15, -0.1) is 0 Å². The summed E-state index contributed by atoms with van der Waals surface area (Å²) >= 11 is 6.17. The Kier molecular flexibility index (Phi) is 6.62. The summed E-state index contributed by atoms with van der Waals surface area (Å²) in [4.78, 5) is 17.8. The van der Waals surface area contributed by atoms with Crippen LogP contribution >= 0.6 is 11.6 Å². The topological polar surface area (TPSA) is 68.6 Å². The second-order valence-corrected chi connectivity index (χ2v) is 7.10. The lowest BCUT2D eigenvalue weighted by Crippen LogP contribution is -2.19. The van der Waals surface area contributed by atoms with Gasteiger partial charge in [0.05, 0.1) is 36.2 Å². The van der Waals surface area contributed by atoms with E-state index in [9.17, 15) is 9.18 Å². The third kappa shape index (κ3) is 4.26. The van der Waals surface area contributed by atoms with Crippen molar-refractivity contribution in [1.82, 2.24) is 9.78 Å². The second kappa shape index (κ2) is 9.17. The number of hydrogen-bond donors (Lipinski definition) is 1. The van der Waals surface area contributed by atoms with Crippen LogP contribution in [0.1, 0.15) is 31.5 Å². The van der Waals surface area contributed by atoms with Gasteiger partial charge in [0.2, 0.25) is 0 Å². The van der Waals surface area contributed by atoms with Crippen molar-refractivity contribution < 1.29 is 13.9 Å². The fourth-order valence-corrected chi connectivity index (χ4v) is 3.46. The van der Waals surface area contributed by atoms with Crippen LogP contribution in [-0.4, -0.2) is 29.7 Å². The molecule has 0 aliphatic carbocycles. The molecule has 0 spiro atoms. The summed E-state index contributed by atoms with van der Waals surface area (Å²) in [5.41, 5.74) is 2.52. The van der Waals surface area contributed by atoms with Crippen molar-refractivity contribution in [3.05, 3.63) is 68.8 Å². The Morgan fingerprint density at radius 2 is 1.83 bits per heavy atom. The molecule has 0 aliphatic rings. The van der Waals surface area contributed by atoms with Gasteiger partial charge >= 0.3 is 0 Å². The number of aryl methyl sites for hydroxylation is 1. The van der Waals surface area contributed by atoms with Gasteiger partial charge in [-0.25, -0.2) is 14.1 Å². The molecule has 1 aromatic heterocycles. The van der Waals surface area contributed by atoms with E-state index >= 15 is 0 Å². The highest BCUT2D eigenvalue weighted by molar-refractivity contribution is 6.32. The number of halogens is 2. The molecule has 0 saturated heterocycles. The van der Waals surface area contributed by atoms with Crippen molar-refractivity contribution in [2.45, 2.75) is 26.7 Å². The molecule has 8 heteroatoms. The average molecular weight is 432 g/mol. The summed E-state index contributed by atoms with van der Waals surface area (Å²) in [5, 5.41) is 3.54. The Hall–Kier alpha value is -3.06. The van der Waals surface area contributed by atoms with Crippen molar-refractivity contribution in [3.63, 3.8) is 0 Å². The number of H-pyrrole nitrogens is 1. The van der Waals surface area contributed by atoms with E-state index in [1.54, 1.807) is 31.2 Å². The minimum atomic E-state index is -0.367. The van der Waals surface area contributed by atoms with Crippen LogP contribution in [0.5, 0.6) is 11.5 Å². The summed E-state index contributed by atoms with van der Waals surface area (Å²) in [6.07, 6.45) is 1.49. The van der Waals surface area contributed by atoms with E-state index in [4.69, 9.17) is 21.1 Å².